The van der Waals surface area contributed by atoms with Gasteiger partial charge in [-0.1, -0.05) is 6.07 Å². The van der Waals surface area contributed by atoms with Gasteiger partial charge in [-0.3, -0.25) is 14.5 Å². The number of ether oxygens (including phenoxy) is 1. The maximum Gasteiger partial charge on any atom is 0.274 e. The molecule has 28 heavy (non-hydrogen) atoms. The summed E-state index contributed by atoms with van der Waals surface area (Å²) in [6.45, 7) is 4.76. The lowest BCUT2D eigenvalue weighted by molar-refractivity contribution is 0.102. The number of nitrogens with zero attached hydrogens (tertiary/aromatic N) is 5. The van der Waals surface area contributed by atoms with Crippen molar-refractivity contribution in [2.45, 2.75) is 6.92 Å². The summed E-state index contributed by atoms with van der Waals surface area (Å²) in [5.74, 6) is 0.475. The molecule has 4 rings (SSSR count). The molecule has 0 saturated carbocycles. The van der Waals surface area contributed by atoms with Crippen molar-refractivity contribution in [2.75, 3.05) is 36.5 Å². The van der Waals surface area contributed by atoms with E-state index in [0.29, 0.717) is 30.3 Å². The summed E-state index contributed by atoms with van der Waals surface area (Å²) in [7, 11) is 1.84. The number of aryl methyl sites for hydroxylation is 2. The summed E-state index contributed by atoms with van der Waals surface area (Å²) in [5, 5.41) is 7.45. The first-order valence-electron chi connectivity index (χ1n) is 9.17. The number of pyridine rings is 2. The third kappa shape index (κ3) is 3.86. The van der Waals surface area contributed by atoms with Crippen LogP contribution in [-0.4, -0.2) is 52.0 Å². The molecule has 0 aliphatic carbocycles. The first kappa shape index (κ1) is 18.1. The Hall–Kier alpha value is -3.26. The maximum atomic E-state index is 12.8. The molecule has 0 radical (unpaired) electrons. The van der Waals surface area contributed by atoms with Crippen LogP contribution in [0.3, 0.4) is 0 Å². The van der Waals surface area contributed by atoms with Gasteiger partial charge in [0.1, 0.15) is 11.4 Å². The first-order chi connectivity index (χ1) is 13.6. The molecule has 3 aromatic rings. The van der Waals surface area contributed by atoms with Crippen molar-refractivity contribution in [1.82, 2.24) is 19.7 Å². The molecule has 1 fully saturated rings. The second kappa shape index (κ2) is 7.77. The zero-order valence-corrected chi connectivity index (χ0v) is 15.9. The second-order valence-corrected chi connectivity index (χ2v) is 6.75. The molecule has 144 valence electrons. The van der Waals surface area contributed by atoms with Gasteiger partial charge in [0.15, 0.2) is 5.82 Å². The Kier molecular flexibility index (Phi) is 5.03. The van der Waals surface area contributed by atoms with E-state index in [0.717, 1.165) is 30.0 Å². The highest BCUT2D eigenvalue weighted by Gasteiger charge is 2.20. The van der Waals surface area contributed by atoms with Crippen LogP contribution in [0.15, 0.2) is 42.9 Å². The van der Waals surface area contributed by atoms with Crippen LogP contribution in [0.25, 0.3) is 11.3 Å². The third-order valence-electron chi connectivity index (χ3n) is 4.52. The summed E-state index contributed by atoms with van der Waals surface area (Å²) in [6, 6.07) is 7.39. The van der Waals surface area contributed by atoms with Crippen LogP contribution in [0.4, 0.5) is 11.5 Å². The Balaban J connectivity index is 1.57. The molecule has 1 saturated heterocycles. The van der Waals surface area contributed by atoms with Crippen molar-refractivity contribution in [3.05, 3.63) is 54.1 Å². The molecule has 0 spiro atoms. The Morgan fingerprint density at radius 1 is 1.21 bits per heavy atom. The van der Waals surface area contributed by atoms with Gasteiger partial charge in [-0.2, -0.15) is 5.10 Å². The number of anilines is 2. The minimum Gasteiger partial charge on any atom is -0.378 e. The minimum atomic E-state index is -0.273. The number of carbonyl (C=O) groups excluding carboxylic acids is 1. The van der Waals surface area contributed by atoms with Gasteiger partial charge in [-0.05, 0) is 30.7 Å². The number of aromatic nitrogens is 4. The Labute approximate surface area is 163 Å². The highest BCUT2D eigenvalue weighted by atomic mass is 16.5. The molecular weight excluding hydrogens is 356 g/mol. The molecule has 1 aliphatic heterocycles. The van der Waals surface area contributed by atoms with Gasteiger partial charge in [-0.15, -0.1) is 0 Å². The van der Waals surface area contributed by atoms with Crippen molar-refractivity contribution in [3.63, 3.8) is 0 Å². The molecule has 1 N–H and O–H groups in total. The highest BCUT2D eigenvalue weighted by molar-refractivity contribution is 6.04. The molecule has 1 aliphatic rings. The van der Waals surface area contributed by atoms with Crippen molar-refractivity contribution in [3.8, 4) is 11.3 Å². The standard InChI is InChI=1S/C20H22N6O2/c1-14-10-15(12-21-11-14)16-4-3-5-17(22-16)20(27)23-18-13-25(2)24-19(18)26-6-8-28-9-7-26/h3-5,10-13H,6-9H2,1-2H3,(H,23,27). The van der Waals surface area contributed by atoms with Crippen molar-refractivity contribution in [1.29, 1.82) is 0 Å². The van der Waals surface area contributed by atoms with Crippen LogP contribution >= 0.6 is 0 Å². The predicted octanol–water partition coefficient (Wildman–Crippen LogP) is 2.27. The van der Waals surface area contributed by atoms with Crippen LogP contribution in [-0.2, 0) is 11.8 Å². The zero-order chi connectivity index (χ0) is 19.5. The van der Waals surface area contributed by atoms with E-state index in [9.17, 15) is 4.79 Å². The topological polar surface area (TPSA) is 85.2 Å². The van der Waals surface area contributed by atoms with E-state index >= 15 is 0 Å². The minimum absolute atomic E-state index is 0.273. The van der Waals surface area contributed by atoms with Crippen molar-refractivity contribution >= 4 is 17.4 Å². The Bertz CT molecular complexity index is 994. The molecule has 3 aromatic heterocycles. The summed E-state index contributed by atoms with van der Waals surface area (Å²) in [5.41, 5.74) is 3.64. The van der Waals surface area contributed by atoms with Crippen LogP contribution in [0.5, 0.6) is 0 Å². The zero-order valence-electron chi connectivity index (χ0n) is 15.9. The summed E-state index contributed by atoms with van der Waals surface area (Å²) in [6.07, 6.45) is 5.33. The molecule has 8 heteroatoms. The number of amides is 1. The van der Waals surface area contributed by atoms with Crippen LogP contribution in [0.2, 0.25) is 0 Å². The average Bonchev–Trinajstić information content (AvgIpc) is 3.09. The summed E-state index contributed by atoms with van der Waals surface area (Å²) < 4.78 is 7.10. The first-order valence-corrected chi connectivity index (χ1v) is 9.17. The number of morpholine rings is 1. The van der Waals surface area contributed by atoms with Crippen LogP contribution in [0, 0.1) is 6.92 Å². The molecule has 1 amide bonds. The van der Waals surface area contributed by atoms with E-state index in [4.69, 9.17) is 4.74 Å². The fraction of sp³-hybridized carbons (Fsp3) is 0.300. The number of hydrogen-bond acceptors (Lipinski definition) is 6. The molecule has 0 atom stereocenters. The van der Waals surface area contributed by atoms with Gasteiger partial charge in [0.2, 0.25) is 0 Å². The molecule has 4 heterocycles. The molecule has 0 unspecified atom stereocenters. The second-order valence-electron chi connectivity index (χ2n) is 6.75. The van der Waals surface area contributed by atoms with E-state index < -0.39 is 0 Å². The van der Waals surface area contributed by atoms with Crippen LogP contribution < -0.4 is 10.2 Å². The molecule has 0 bridgehead atoms. The van der Waals surface area contributed by atoms with Gasteiger partial charge in [0.05, 0.1) is 25.1 Å². The normalized spacial score (nSPS) is 14.1. The van der Waals surface area contributed by atoms with E-state index in [1.54, 1.807) is 29.3 Å². The number of rotatable bonds is 4. The van der Waals surface area contributed by atoms with Crippen LogP contribution in [0.1, 0.15) is 16.1 Å². The van der Waals surface area contributed by atoms with Crippen molar-refractivity contribution in [2.24, 2.45) is 7.05 Å². The Morgan fingerprint density at radius 2 is 2.04 bits per heavy atom. The molecular formula is C20H22N6O2. The fourth-order valence-corrected chi connectivity index (χ4v) is 3.18. The van der Waals surface area contributed by atoms with E-state index in [1.165, 1.54) is 0 Å². The lowest BCUT2D eigenvalue weighted by atomic mass is 10.1. The van der Waals surface area contributed by atoms with Gasteiger partial charge < -0.3 is 15.0 Å². The van der Waals surface area contributed by atoms with Gasteiger partial charge in [-0.25, -0.2) is 4.98 Å². The Morgan fingerprint density at radius 3 is 2.82 bits per heavy atom. The lowest BCUT2D eigenvalue weighted by Crippen LogP contribution is -2.37. The van der Waals surface area contributed by atoms with E-state index in [-0.39, 0.29) is 5.91 Å². The summed E-state index contributed by atoms with van der Waals surface area (Å²) >= 11 is 0. The lowest BCUT2D eigenvalue weighted by Gasteiger charge is -2.27. The number of hydrogen-bond donors (Lipinski definition) is 1. The van der Waals surface area contributed by atoms with Crippen molar-refractivity contribution < 1.29 is 9.53 Å². The van der Waals surface area contributed by atoms with E-state index in [2.05, 4.69) is 25.3 Å². The fourth-order valence-electron chi connectivity index (χ4n) is 3.18. The van der Waals surface area contributed by atoms with Gasteiger partial charge >= 0.3 is 0 Å². The molecule has 8 nitrogen and oxygen atoms in total. The average molecular weight is 378 g/mol. The van der Waals surface area contributed by atoms with Gasteiger partial charge in [0.25, 0.3) is 5.91 Å². The number of nitrogens with one attached hydrogen (secondary N) is 1. The largest absolute Gasteiger partial charge is 0.378 e. The SMILES string of the molecule is Cc1cncc(-c2cccc(C(=O)Nc3cn(C)nc3N3CCOCC3)n2)c1. The molecule has 0 aromatic carbocycles. The predicted molar refractivity (Wildman–Crippen MR) is 106 cm³/mol. The quantitative estimate of drug-likeness (QED) is 0.750. The monoisotopic (exact) mass is 378 g/mol. The smallest absolute Gasteiger partial charge is 0.274 e. The summed E-state index contributed by atoms with van der Waals surface area (Å²) in [4.78, 5) is 23.7. The number of carbonyl (C=O) groups is 1. The van der Waals surface area contributed by atoms with Gasteiger partial charge in [0, 0.05) is 38.1 Å². The highest BCUT2D eigenvalue weighted by Crippen LogP contribution is 2.25. The third-order valence-corrected chi connectivity index (χ3v) is 4.52. The van der Waals surface area contributed by atoms with E-state index in [1.807, 2.05) is 32.2 Å². The maximum absolute atomic E-state index is 12.8.